The molecule has 0 aliphatic heterocycles. The second kappa shape index (κ2) is 5.66. The highest BCUT2D eigenvalue weighted by Gasteiger charge is 2.33. The fourth-order valence-electron chi connectivity index (χ4n) is 3.87. The van der Waals surface area contributed by atoms with Gasteiger partial charge in [0, 0.05) is 34.7 Å². The van der Waals surface area contributed by atoms with Crippen LogP contribution < -0.4 is 4.74 Å². The predicted octanol–water partition coefficient (Wildman–Crippen LogP) is 5.37. The van der Waals surface area contributed by atoms with Gasteiger partial charge < -0.3 is 9.72 Å². The standard InChI is InChI=1S/C21H25NO2/c1-12(2)20-19(15-8-7-14(24-6)9-16(15)22-20)18-13(3)10-21(4,5)11-17(18)23/h7-9,22H,1,10-11H2,2-6H3. The number of H-pyrrole nitrogens is 1. The van der Waals surface area contributed by atoms with Crippen LogP contribution in [0.4, 0.5) is 0 Å². The molecule has 0 saturated carbocycles. The molecule has 0 bridgehead atoms. The Labute approximate surface area is 143 Å². The minimum atomic E-state index is 0.0311. The van der Waals surface area contributed by atoms with Gasteiger partial charge in [0.1, 0.15) is 5.75 Å². The van der Waals surface area contributed by atoms with Crippen LogP contribution in [0.15, 0.2) is 30.4 Å². The lowest BCUT2D eigenvalue weighted by molar-refractivity contribution is -0.116. The Morgan fingerprint density at radius 2 is 2.00 bits per heavy atom. The molecule has 0 unspecified atom stereocenters. The summed E-state index contributed by atoms with van der Waals surface area (Å²) in [6.07, 6.45) is 1.52. The number of benzene rings is 1. The highest BCUT2D eigenvalue weighted by atomic mass is 16.5. The van der Waals surface area contributed by atoms with Crippen LogP contribution in [0.25, 0.3) is 22.0 Å². The zero-order valence-electron chi connectivity index (χ0n) is 15.2. The molecule has 0 fully saturated rings. The SMILES string of the molecule is C=C(C)c1[nH]c2cc(OC)ccc2c1C1=C(C)CC(C)(C)CC1=O. The molecule has 0 saturated heterocycles. The van der Waals surface area contributed by atoms with Gasteiger partial charge in [-0.2, -0.15) is 0 Å². The van der Waals surface area contributed by atoms with E-state index in [2.05, 4.69) is 32.3 Å². The number of rotatable bonds is 3. The summed E-state index contributed by atoms with van der Waals surface area (Å²) in [5, 5.41) is 1.05. The molecule has 0 spiro atoms. The quantitative estimate of drug-likeness (QED) is 0.825. The maximum Gasteiger partial charge on any atom is 0.164 e. The van der Waals surface area contributed by atoms with Gasteiger partial charge in [-0.15, -0.1) is 0 Å². The third-order valence-corrected chi connectivity index (χ3v) is 4.77. The number of fused-ring (bicyclic) bond motifs is 1. The predicted molar refractivity (Wildman–Crippen MR) is 100 cm³/mol. The number of aromatic nitrogens is 1. The molecule has 1 aromatic heterocycles. The first-order chi connectivity index (χ1) is 11.2. The van der Waals surface area contributed by atoms with Crippen molar-refractivity contribution >= 4 is 27.8 Å². The van der Waals surface area contributed by atoms with Crippen LogP contribution in [0.3, 0.4) is 0 Å². The van der Waals surface area contributed by atoms with Crippen LogP contribution in [0, 0.1) is 5.41 Å². The van der Waals surface area contributed by atoms with Gasteiger partial charge in [0.2, 0.25) is 0 Å². The largest absolute Gasteiger partial charge is 0.497 e. The second-order valence-corrected chi connectivity index (χ2v) is 7.66. The van der Waals surface area contributed by atoms with E-state index >= 15 is 0 Å². The van der Waals surface area contributed by atoms with E-state index in [-0.39, 0.29) is 11.2 Å². The van der Waals surface area contributed by atoms with Gasteiger partial charge in [0.15, 0.2) is 5.78 Å². The van der Waals surface area contributed by atoms with Gasteiger partial charge in [0.25, 0.3) is 0 Å². The summed E-state index contributed by atoms with van der Waals surface area (Å²) in [6.45, 7) is 12.5. The first-order valence-electron chi connectivity index (χ1n) is 8.32. The second-order valence-electron chi connectivity index (χ2n) is 7.66. The van der Waals surface area contributed by atoms with Crippen LogP contribution in [0.5, 0.6) is 5.75 Å². The molecule has 1 heterocycles. The van der Waals surface area contributed by atoms with Crippen LogP contribution in [-0.2, 0) is 4.79 Å². The number of Topliss-reactive ketones (excluding diaryl/α,β-unsaturated/α-hetero) is 1. The molecule has 0 radical (unpaired) electrons. The molecule has 1 aliphatic rings. The van der Waals surface area contributed by atoms with Crippen molar-refractivity contribution in [1.29, 1.82) is 0 Å². The molecule has 24 heavy (non-hydrogen) atoms. The molecule has 3 rings (SSSR count). The van der Waals surface area contributed by atoms with Gasteiger partial charge in [0.05, 0.1) is 12.6 Å². The summed E-state index contributed by atoms with van der Waals surface area (Å²) < 4.78 is 5.33. The first-order valence-corrected chi connectivity index (χ1v) is 8.32. The number of carbonyl (C=O) groups excluding carboxylic acids is 1. The van der Waals surface area contributed by atoms with E-state index in [4.69, 9.17) is 4.74 Å². The molecule has 1 aromatic carbocycles. The maximum atomic E-state index is 12.9. The van der Waals surface area contributed by atoms with Crippen molar-refractivity contribution in [1.82, 2.24) is 4.98 Å². The fraction of sp³-hybridized carbons (Fsp3) is 0.381. The lowest BCUT2D eigenvalue weighted by Crippen LogP contribution is -2.24. The normalized spacial score (nSPS) is 17.5. The van der Waals surface area contributed by atoms with Crippen LogP contribution in [0.1, 0.15) is 51.8 Å². The summed E-state index contributed by atoms with van der Waals surface area (Å²) in [4.78, 5) is 16.4. The van der Waals surface area contributed by atoms with Crippen molar-refractivity contribution < 1.29 is 9.53 Å². The lowest BCUT2D eigenvalue weighted by atomic mass is 9.72. The van der Waals surface area contributed by atoms with E-state index in [1.807, 2.05) is 25.1 Å². The number of aromatic amines is 1. The smallest absolute Gasteiger partial charge is 0.164 e. The highest BCUT2D eigenvalue weighted by Crippen LogP contribution is 2.44. The van der Waals surface area contributed by atoms with Gasteiger partial charge in [-0.3, -0.25) is 4.79 Å². The van der Waals surface area contributed by atoms with Gasteiger partial charge in [-0.05, 0) is 43.4 Å². The van der Waals surface area contributed by atoms with E-state index in [1.54, 1.807) is 7.11 Å². The summed E-state index contributed by atoms with van der Waals surface area (Å²) >= 11 is 0. The molecular weight excluding hydrogens is 298 g/mol. The Morgan fingerprint density at radius 1 is 1.29 bits per heavy atom. The van der Waals surface area contributed by atoms with Gasteiger partial charge in [-0.1, -0.05) is 26.0 Å². The maximum absolute atomic E-state index is 12.9. The number of hydrogen-bond acceptors (Lipinski definition) is 2. The number of ketones is 1. The zero-order chi connectivity index (χ0) is 17.6. The van der Waals surface area contributed by atoms with E-state index in [1.165, 1.54) is 0 Å². The Bertz CT molecular complexity index is 881. The Hall–Kier alpha value is -2.29. The topological polar surface area (TPSA) is 42.1 Å². The molecule has 1 N–H and O–H groups in total. The van der Waals surface area contributed by atoms with Crippen molar-refractivity contribution in [3.63, 3.8) is 0 Å². The van der Waals surface area contributed by atoms with Crippen molar-refractivity contribution in [2.24, 2.45) is 5.41 Å². The minimum Gasteiger partial charge on any atom is -0.497 e. The summed E-state index contributed by atoms with van der Waals surface area (Å²) in [7, 11) is 1.66. The van der Waals surface area contributed by atoms with E-state index in [0.717, 1.165) is 51.0 Å². The van der Waals surface area contributed by atoms with E-state index in [0.29, 0.717) is 6.42 Å². The van der Waals surface area contributed by atoms with Crippen molar-refractivity contribution in [3.8, 4) is 5.75 Å². The first kappa shape index (κ1) is 16.6. The highest BCUT2D eigenvalue weighted by molar-refractivity contribution is 6.26. The molecule has 2 aromatic rings. The van der Waals surface area contributed by atoms with E-state index < -0.39 is 0 Å². The third kappa shape index (κ3) is 2.68. The van der Waals surface area contributed by atoms with Crippen molar-refractivity contribution in [3.05, 3.63) is 41.6 Å². The van der Waals surface area contributed by atoms with Crippen molar-refractivity contribution in [2.45, 2.75) is 40.5 Å². The van der Waals surface area contributed by atoms with Gasteiger partial charge >= 0.3 is 0 Å². The lowest BCUT2D eigenvalue weighted by Gasteiger charge is -2.31. The molecule has 3 heteroatoms. The minimum absolute atomic E-state index is 0.0311. The number of methoxy groups -OCH3 is 1. The van der Waals surface area contributed by atoms with Gasteiger partial charge in [-0.25, -0.2) is 0 Å². The van der Waals surface area contributed by atoms with Crippen LogP contribution in [-0.4, -0.2) is 17.9 Å². The number of allylic oxidation sites excluding steroid dienone is 3. The average Bonchev–Trinajstić information content (AvgIpc) is 2.84. The molecular formula is C21H25NO2. The Morgan fingerprint density at radius 3 is 2.58 bits per heavy atom. The summed E-state index contributed by atoms with van der Waals surface area (Å²) in [5.74, 6) is 1.02. The van der Waals surface area contributed by atoms with Crippen LogP contribution in [0.2, 0.25) is 0 Å². The molecule has 126 valence electrons. The number of carbonyl (C=O) groups is 1. The molecule has 0 amide bonds. The zero-order valence-corrected chi connectivity index (χ0v) is 15.2. The van der Waals surface area contributed by atoms with Crippen LogP contribution >= 0.6 is 0 Å². The third-order valence-electron chi connectivity index (χ3n) is 4.77. The average molecular weight is 323 g/mol. The monoisotopic (exact) mass is 323 g/mol. The molecule has 3 nitrogen and oxygen atoms in total. The number of hydrogen-bond donors (Lipinski definition) is 1. The summed E-state index contributed by atoms with van der Waals surface area (Å²) in [5.41, 5.74) is 5.90. The Kier molecular flexibility index (Phi) is 3.90. The Balaban J connectivity index is 2.30. The molecule has 1 aliphatic carbocycles. The van der Waals surface area contributed by atoms with Crippen molar-refractivity contribution in [2.75, 3.05) is 7.11 Å². The number of ether oxygens (including phenoxy) is 1. The molecule has 0 atom stereocenters. The fourth-order valence-corrected chi connectivity index (χ4v) is 3.87. The number of nitrogens with one attached hydrogen (secondary N) is 1. The summed E-state index contributed by atoms with van der Waals surface area (Å²) in [6, 6.07) is 5.94. The van der Waals surface area contributed by atoms with E-state index in [9.17, 15) is 4.79 Å².